The minimum atomic E-state index is 0.427. The van der Waals surface area contributed by atoms with E-state index in [1.54, 1.807) is 0 Å². The SMILES string of the molecule is CCNCc1noc(C2CCC(C(C)(C)C)CC2)n1. The molecule has 4 nitrogen and oxygen atoms in total. The molecule has 4 heteroatoms. The maximum atomic E-state index is 5.42. The Kier molecular flexibility index (Phi) is 4.61. The van der Waals surface area contributed by atoms with E-state index in [0.29, 0.717) is 17.9 Å². The molecule has 1 aromatic heterocycles. The van der Waals surface area contributed by atoms with Gasteiger partial charge in [-0.2, -0.15) is 4.98 Å². The first-order valence-electron chi connectivity index (χ1n) is 7.54. The molecule has 0 unspecified atom stereocenters. The lowest BCUT2D eigenvalue weighted by atomic mass is 9.70. The maximum absolute atomic E-state index is 5.42. The molecule has 1 fully saturated rings. The Hall–Kier alpha value is -0.900. The van der Waals surface area contributed by atoms with Gasteiger partial charge in [0.2, 0.25) is 5.89 Å². The van der Waals surface area contributed by atoms with Crippen molar-refractivity contribution < 1.29 is 4.52 Å². The molecule has 0 aromatic carbocycles. The average Bonchev–Trinajstić information content (AvgIpc) is 2.84. The normalized spacial score (nSPS) is 24.6. The molecule has 19 heavy (non-hydrogen) atoms. The number of aromatic nitrogens is 2. The van der Waals surface area contributed by atoms with Gasteiger partial charge in [-0.05, 0) is 43.6 Å². The number of nitrogens with zero attached hydrogens (tertiary/aromatic N) is 2. The molecule has 0 atom stereocenters. The molecule has 108 valence electrons. The lowest BCUT2D eigenvalue weighted by Gasteiger charge is -2.35. The zero-order valence-electron chi connectivity index (χ0n) is 12.7. The number of hydrogen-bond donors (Lipinski definition) is 1. The zero-order valence-corrected chi connectivity index (χ0v) is 12.7. The van der Waals surface area contributed by atoms with E-state index in [9.17, 15) is 0 Å². The van der Waals surface area contributed by atoms with Gasteiger partial charge in [-0.25, -0.2) is 0 Å². The van der Waals surface area contributed by atoms with Crippen LogP contribution in [0.1, 0.15) is 71.0 Å². The lowest BCUT2D eigenvalue weighted by molar-refractivity contribution is 0.159. The third-order valence-corrected chi connectivity index (χ3v) is 4.32. The van der Waals surface area contributed by atoms with Gasteiger partial charge < -0.3 is 9.84 Å². The van der Waals surface area contributed by atoms with Crippen molar-refractivity contribution in [2.24, 2.45) is 11.3 Å². The summed E-state index contributed by atoms with van der Waals surface area (Å²) in [5.74, 6) is 2.93. The van der Waals surface area contributed by atoms with E-state index in [-0.39, 0.29) is 0 Å². The predicted molar refractivity (Wildman–Crippen MR) is 75.8 cm³/mol. The standard InChI is InChI=1S/C15H27N3O/c1-5-16-10-13-17-14(19-18-13)11-6-8-12(9-7-11)15(2,3)4/h11-12,16H,5-10H2,1-4H3. The molecule has 2 rings (SSSR count). The minimum absolute atomic E-state index is 0.427. The molecule has 0 bridgehead atoms. The van der Waals surface area contributed by atoms with Crippen molar-refractivity contribution in [3.05, 3.63) is 11.7 Å². The fourth-order valence-corrected chi connectivity index (χ4v) is 2.95. The lowest BCUT2D eigenvalue weighted by Crippen LogP contribution is -2.25. The first kappa shape index (κ1) is 14.5. The van der Waals surface area contributed by atoms with E-state index in [0.717, 1.165) is 24.2 Å². The minimum Gasteiger partial charge on any atom is -0.339 e. The van der Waals surface area contributed by atoms with Crippen LogP contribution in [0.5, 0.6) is 0 Å². The molecule has 1 aliphatic rings. The third-order valence-electron chi connectivity index (χ3n) is 4.32. The molecular formula is C15H27N3O. The van der Waals surface area contributed by atoms with Gasteiger partial charge in [0.05, 0.1) is 6.54 Å². The summed E-state index contributed by atoms with van der Waals surface area (Å²) in [5.41, 5.74) is 0.427. The van der Waals surface area contributed by atoms with Crippen molar-refractivity contribution in [1.29, 1.82) is 0 Å². The summed E-state index contributed by atoms with van der Waals surface area (Å²) in [4.78, 5) is 4.52. The van der Waals surface area contributed by atoms with E-state index in [1.807, 2.05) is 0 Å². The summed E-state index contributed by atoms with van der Waals surface area (Å²) < 4.78 is 5.42. The van der Waals surface area contributed by atoms with Crippen LogP contribution in [0.25, 0.3) is 0 Å². The Balaban J connectivity index is 1.89. The molecular weight excluding hydrogens is 238 g/mol. The van der Waals surface area contributed by atoms with Gasteiger partial charge >= 0.3 is 0 Å². The summed E-state index contributed by atoms with van der Waals surface area (Å²) in [6, 6.07) is 0. The molecule has 0 aliphatic heterocycles. The van der Waals surface area contributed by atoms with Gasteiger partial charge in [-0.1, -0.05) is 32.9 Å². The second-order valence-corrected chi connectivity index (χ2v) is 6.74. The summed E-state index contributed by atoms with van der Waals surface area (Å²) in [6.45, 7) is 10.8. The highest BCUT2D eigenvalue weighted by molar-refractivity contribution is 4.97. The van der Waals surface area contributed by atoms with E-state index >= 15 is 0 Å². The Morgan fingerprint density at radius 2 is 1.89 bits per heavy atom. The number of rotatable bonds is 4. The van der Waals surface area contributed by atoms with Crippen LogP contribution in [0.4, 0.5) is 0 Å². The quantitative estimate of drug-likeness (QED) is 0.905. The molecule has 1 aromatic rings. The van der Waals surface area contributed by atoms with Gasteiger partial charge in [0.15, 0.2) is 5.82 Å². The van der Waals surface area contributed by atoms with Crippen LogP contribution in [0.3, 0.4) is 0 Å². The molecule has 1 N–H and O–H groups in total. The Labute approximate surface area is 116 Å². The maximum Gasteiger partial charge on any atom is 0.229 e. The third kappa shape index (κ3) is 3.78. The highest BCUT2D eigenvalue weighted by Gasteiger charge is 2.32. The second kappa shape index (κ2) is 6.04. The monoisotopic (exact) mass is 265 g/mol. The fourth-order valence-electron chi connectivity index (χ4n) is 2.95. The van der Waals surface area contributed by atoms with Crippen LogP contribution in [-0.4, -0.2) is 16.7 Å². The van der Waals surface area contributed by atoms with Crippen LogP contribution in [0, 0.1) is 11.3 Å². The van der Waals surface area contributed by atoms with E-state index in [1.165, 1.54) is 25.7 Å². The molecule has 1 heterocycles. The Morgan fingerprint density at radius 3 is 2.47 bits per heavy atom. The van der Waals surface area contributed by atoms with Crippen LogP contribution in [0.15, 0.2) is 4.52 Å². The van der Waals surface area contributed by atoms with Crippen LogP contribution >= 0.6 is 0 Å². The van der Waals surface area contributed by atoms with Crippen molar-refractivity contribution >= 4 is 0 Å². The molecule has 0 amide bonds. The van der Waals surface area contributed by atoms with E-state index < -0.39 is 0 Å². The number of hydrogen-bond acceptors (Lipinski definition) is 4. The number of nitrogens with one attached hydrogen (secondary N) is 1. The summed E-state index contributed by atoms with van der Waals surface area (Å²) >= 11 is 0. The van der Waals surface area contributed by atoms with E-state index in [4.69, 9.17) is 4.52 Å². The van der Waals surface area contributed by atoms with Crippen molar-refractivity contribution in [2.75, 3.05) is 6.54 Å². The van der Waals surface area contributed by atoms with Crippen LogP contribution in [0.2, 0.25) is 0 Å². The van der Waals surface area contributed by atoms with Gasteiger partial charge in [0.25, 0.3) is 0 Å². The Morgan fingerprint density at radius 1 is 1.21 bits per heavy atom. The van der Waals surface area contributed by atoms with Gasteiger partial charge in [-0.3, -0.25) is 0 Å². The van der Waals surface area contributed by atoms with Gasteiger partial charge in [-0.15, -0.1) is 0 Å². The zero-order chi connectivity index (χ0) is 13.9. The molecule has 0 saturated heterocycles. The largest absolute Gasteiger partial charge is 0.339 e. The fraction of sp³-hybridized carbons (Fsp3) is 0.867. The Bertz CT molecular complexity index is 386. The van der Waals surface area contributed by atoms with Crippen molar-refractivity contribution in [2.45, 2.75) is 65.8 Å². The summed E-state index contributed by atoms with van der Waals surface area (Å²) in [5, 5.41) is 7.27. The smallest absolute Gasteiger partial charge is 0.229 e. The average molecular weight is 265 g/mol. The molecule has 0 radical (unpaired) electrons. The van der Waals surface area contributed by atoms with Gasteiger partial charge in [0, 0.05) is 5.92 Å². The molecule has 1 saturated carbocycles. The predicted octanol–water partition coefficient (Wildman–Crippen LogP) is 3.50. The highest BCUT2D eigenvalue weighted by atomic mass is 16.5. The van der Waals surface area contributed by atoms with Gasteiger partial charge in [0.1, 0.15) is 0 Å². The van der Waals surface area contributed by atoms with Crippen molar-refractivity contribution in [3.63, 3.8) is 0 Å². The van der Waals surface area contributed by atoms with Crippen LogP contribution in [-0.2, 0) is 6.54 Å². The first-order valence-corrected chi connectivity index (χ1v) is 7.54. The summed E-state index contributed by atoms with van der Waals surface area (Å²) in [6.07, 6.45) is 4.92. The van der Waals surface area contributed by atoms with Crippen molar-refractivity contribution in [1.82, 2.24) is 15.5 Å². The summed E-state index contributed by atoms with van der Waals surface area (Å²) in [7, 11) is 0. The molecule has 0 spiro atoms. The topological polar surface area (TPSA) is 51.0 Å². The second-order valence-electron chi connectivity index (χ2n) is 6.74. The molecule has 1 aliphatic carbocycles. The van der Waals surface area contributed by atoms with Crippen molar-refractivity contribution in [3.8, 4) is 0 Å². The van der Waals surface area contributed by atoms with E-state index in [2.05, 4.69) is 43.2 Å². The highest BCUT2D eigenvalue weighted by Crippen LogP contribution is 2.42. The van der Waals surface area contributed by atoms with Crippen LogP contribution < -0.4 is 5.32 Å². The first-order chi connectivity index (χ1) is 9.00.